The maximum absolute atomic E-state index is 13.4. The summed E-state index contributed by atoms with van der Waals surface area (Å²) in [5.41, 5.74) is -0.229. The van der Waals surface area contributed by atoms with Crippen LogP contribution in [0.3, 0.4) is 0 Å². The second-order valence-electron chi connectivity index (χ2n) is 3.16. The maximum Gasteiger partial charge on any atom is 0.275 e. The number of halogens is 1. The molecule has 2 N–H and O–H groups in total. The second kappa shape index (κ2) is 4.81. The van der Waals surface area contributed by atoms with Crippen molar-refractivity contribution in [3.8, 4) is 0 Å². The van der Waals surface area contributed by atoms with Gasteiger partial charge in [-0.05, 0) is 6.07 Å². The van der Waals surface area contributed by atoms with Crippen LogP contribution in [0.2, 0.25) is 0 Å². The first kappa shape index (κ1) is 11.5. The van der Waals surface area contributed by atoms with Crippen molar-refractivity contribution in [3.63, 3.8) is 0 Å². The summed E-state index contributed by atoms with van der Waals surface area (Å²) in [5, 5.41) is 10.6. The van der Waals surface area contributed by atoms with E-state index in [0.717, 1.165) is 0 Å². The van der Waals surface area contributed by atoms with Crippen LogP contribution in [-0.4, -0.2) is 11.5 Å². The standard InChI is InChI=1S/C9H11FN2O3/c1-6(5-15-11)9-7(10)3-2-4-8(9)12(13)14/h2-4,6H,5,11H2,1H3. The number of hydrogen-bond acceptors (Lipinski definition) is 4. The van der Waals surface area contributed by atoms with Gasteiger partial charge in [0.25, 0.3) is 5.69 Å². The molecule has 0 aliphatic rings. The van der Waals surface area contributed by atoms with Gasteiger partial charge in [-0.25, -0.2) is 10.3 Å². The summed E-state index contributed by atoms with van der Waals surface area (Å²) < 4.78 is 13.4. The molecule has 1 unspecified atom stereocenters. The molecule has 0 aliphatic heterocycles. The third-order valence-corrected chi connectivity index (χ3v) is 2.07. The Morgan fingerprint density at radius 1 is 1.67 bits per heavy atom. The molecular weight excluding hydrogens is 203 g/mol. The molecule has 0 saturated carbocycles. The van der Waals surface area contributed by atoms with E-state index < -0.39 is 16.7 Å². The highest BCUT2D eigenvalue weighted by molar-refractivity contribution is 5.43. The molecule has 0 fully saturated rings. The van der Waals surface area contributed by atoms with E-state index in [4.69, 9.17) is 5.90 Å². The van der Waals surface area contributed by atoms with Crippen LogP contribution in [0.1, 0.15) is 18.4 Å². The first-order valence-corrected chi connectivity index (χ1v) is 4.32. The van der Waals surface area contributed by atoms with Gasteiger partial charge in [-0.3, -0.25) is 10.1 Å². The SMILES string of the molecule is CC(CON)c1c(F)cccc1[N+](=O)[O-]. The van der Waals surface area contributed by atoms with Crippen molar-refractivity contribution >= 4 is 5.69 Å². The molecule has 1 aromatic rings. The van der Waals surface area contributed by atoms with Gasteiger partial charge in [0, 0.05) is 12.0 Å². The topological polar surface area (TPSA) is 78.4 Å². The van der Waals surface area contributed by atoms with Crippen LogP contribution in [-0.2, 0) is 4.84 Å². The molecule has 1 aromatic carbocycles. The third-order valence-electron chi connectivity index (χ3n) is 2.07. The van der Waals surface area contributed by atoms with Gasteiger partial charge < -0.3 is 4.84 Å². The molecule has 0 heterocycles. The first-order chi connectivity index (χ1) is 7.07. The zero-order valence-electron chi connectivity index (χ0n) is 8.14. The van der Waals surface area contributed by atoms with Crippen molar-refractivity contribution < 1.29 is 14.2 Å². The lowest BCUT2D eigenvalue weighted by Gasteiger charge is -2.11. The van der Waals surface area contributed by atoms with Crippen molar-refractivity contribution in [1.82, 2.24) is 0 Å². The monoisotopic (exact) mass is 214 g/mol. The van der Waals surface area contributed by atoms with Gasteiger partial charge in [0.05, 0.1) is 17.1 Å². The number of rotatable bonds is 4. The zero-order valence-corrected chi connectivity index (χ0v) is 8.14. The summed E-state index contributed by atoms with van der Waals surface area (Å²) >= 11 is 0. The molecule has 82 valence electrons. The summed E-state index contributed by atoms with van der Waals surface area (Å²) in [6, 6.07) is 3.73. The highest BCUT2D eigenvalue weighted by atomic mass is 19.1. The summed E-state index contributed by atoms with van der Waals surface area (Å²) in [5.74, 6) is 3.77. The molecule has 0 aromatic heterocycles. The van der Waals surface area contributed by atoms with E-state index >= 15 is 0 Å². The summed E-state index contributed by atoms with van der Waals surface area (Å²) in [7, 11) is 0. The Hall–Kier alpha value is -1.53. The summed E-state index contributed by atoms with van der Waals surface area (Å²) in [4.78, 5) is 14.4. The minimum atomic E-state index is -0.620. The Labute approximate surface area is 85.8 Å². The smallest absolute Gasteiger partial charge is 0.275 e. The molecule has 0 bridgehead atoms. The Morgan fingerprint density at radius 2 is 2.33 bits per heavy atom. The summed E-state index contributed by atoms with van der Waals surface area (Å²) in [6.45, 7) is 1.64. The van der Waals surface area contributed by atoms with Crippen molar-refractivity contribution in [1.29, 1.82) is 0 Å². The lowest BCUT2D eigenvalue weighted by molar-refractivity contribution is -0.386. The van der Waals surface area contributed by atoms with E-state index in [9.17, 15) is 14.5 Å². The molecule has 5 nitrogen and oxygen atoms in total. The van der Waals surface area contributed by atoms with Crippen molar-refractivity contribution in [2.45, 2.75) is 12.8 Å². The summed E-state index contributed by atoms with van der Waals surface area (Å²) in [6.07, 6.45) is 0. The van der Waals surface area contributed by atoms with E-state index in [-0.39, 0.29) is 17.9 Å². The maximum atomic E-state index is 13.4. The fourth-order valence-corrected chi connectivity index (χ4v) is 1.40. The van der Waals surface area contributed by atoms with Crippen LogP contribution >= 0.6 is 0 Å². The molecule has 1 atom stereocenters. The minimum absolute atomic E-state index is 0.0213. The van der Waals surface area contributed by atoms with Crippen molar-refractivity contribution in [2.75, 3.05) is 6.61 Å². The van der Waals surface area contributed by atoms with Gasteiger partial charge >= 0.3 is 0 Å². The fraction of sp³-hybridized carbons (Fsp3) is 0.333. The fourth-order valence-electron chi connectivity index (χ4n) is 1.40. The highest BCUT2D eigenvalue weighted by Crippen LogP contribution is 2.28. The average Bonchev–Trinajstić information content (AvgIpc) is 2.17. The van der Waals surface area contributed by atoms with Gasteiger partial charge in [0.1, 0.15) is 5.82 Å². The lowest BCUT2D eigenvalue weighted by atomic mass is 9.99. The van der Waals surface area contributed by atoms with Gasteiger partial charge in [-0.15, -0.1) is 0 Å². The molecule has 1 rings (SSSR count). The molecule has 0 amide bonds. The van der Waals surface area contributed by atoms with E-state index in [0.29, 0.717) is 0 Å². The van der Waals surface area contributed by atoms with Gasteiger partial charge in [-0.1, -0.05) is 13.0 Å². The molecule has 6 heteroatoms. The number of nitrogens with two attached hydrogens (primary N) is 1. The van der Waals surface area contributed by atoms with E-state index in [1.807, 2.05) is 0 Å². The number of nitro groups is 1. The first-order valence-electron chi connectivity index (χ1n) is 4.32. The highest BCUT2D eigenvalue weighted by Gasteiger charge is 2.22. The Bertz CT molecular complexity index is 370. The van der Waals surface area contributed by atoms with E-state index in [1.54, 1.807) is 6.92 Å². The second-order valence-corrected chi connectivity index (χ2v) is 3.16. The number of nitro benzene ring substituents is 1. The van der Waals surface area contributed by atoms with E-state index in [1.165, 1.54) is 18.2 Å². The number of hydrogen-bond donors (Lipinski definition) is 1. The predicted molar refractivity (Wildman–Crippen MR) is 51.6 cm³/mol. The molecule has 15 heavy (non-hydrogen) atoms. The van der Waals surface area contributed by atoms with Gasteiger partial charge in [0.2, 0.25) is 0 Å². The lowest BCUT2D eigenvalue weighted by Crippen LogP contribution is -2.11. The number of benzene rings is 1. The molecular formula is C9H11FN2O3. The molecule has 0 saturated heterocycles. The Morgan fingerprint density at radius 3 is 2.87 bits per heavy atom. The van der Waals surface area contributed by atoms with Crippen LogP contribution < -0.4 is 5.90 Å². The number of nitrogens with zero attached hydrogens (tertiary/aromatic N) is 1. The van der Waals surface area contributed by atoms with Crippen molar-refractivity contribution in [3.05, 3.63) is 39.7 Å². The van der Waals surface area contributed by atoms with Crippen LogP contribution in [0.5, 0.6) is 0 Å². The van der Waals surface area contributed by atoms with Crippen molar-refractivity contribution in [2.24, 2.45) is 5.90 Å². The third kappa shape index (κ3) is 2.48. The average molecular weight is 214 g/mol. The van der Waals surface area contributed by atoms with Crippen LogP contribution in [0.15, 0.2) is 18.2 Å². The van der Waals surface area contributed by atoms with Crippen LogP contribution in [0.4, 0.5) is 10.1 Å². The zero-order chi connectivity index (χ0) is 11.4. The van der Waals surface area contributed by atoms with Gasteiger partial charge in [0.15, 0.2) is 0 Å². The Balaban J connectivity index is 3.18. The minimum Gasteiger partial charge on any atom is -0.304 e. The molecule has 0 spiro atoms. The van der Waals surface area contributed by atoms with E-state index in [2.05, 4.69) is 4.84 Å². The quantitative estimate of drug-likeness (QED) is 0.611. The predicted octanol–water partition coefficient (Wildman–Crippen LogP) is 1.73. The largest absolute Gasteiger partial charge is 0.304 e. The van der Waals surface area contributed by atoms with Gasteiger partial charge in [-0.2, -0.15) is 0 Å². The molecule has 0 radical (unpaired) electrons. The van der Waals surface area contributed by atoms with Crippen LogP contribution in [0, 0.1) is 15.9 Å². The Kier molecular flexibility index (Phi) is 3.70. The van der Waals surface area contributed by atoms with Crippen LogP contribution in [0.25, 0.3) is 0 Å². The normalized spacial score (nSPS) is 12.5. The molecule has 0 aliphatic carbocycles.